The summed E-state index contributed by atoms with van der Waals surface area (Å²) in [5.41, 5.74) is 4.47. The molecule has 1 fully saturated rings. The highest BCUT2D eigenvalue weighted by atomic mass is 32.2. The van der Waals surface area contributed by atoms with Crippen LogP contribution in [0.2, 0.25) is 0 Å². The molecule has 0 radical (unpaired) electrons. The third-order valence-corrected chi connectivity index (χ3v) is 8.05. The van der Waals surface area contributed by atoms with Crippen LogP contribution in [0.1, 0.15) is 43.2 Å². The van der Waals surface area contributed by atoms with Gasteiger partial charge in [-0.25, -0.2) is 13.2 Å². The largest absolute Gasteiger partial charge is 0.466 e. The first-order valence-corrected chi connectivity index (χ1v) is 14.7. The molecule has 0 unspecified atom stereocenters. The molecule has 1 aliphatic rings. The van der Waals surface area contributed by atoms with Crippen LogP contribution in [0.4, 0.5) is 5.69 Å². The highest BCUT2D eigenvalue weighted by molar-refractivity contribution is 7.90. The molecule has 0 atom stereocenters. The Morgan fingerprint density at radius 2 is 1.55 bits per heavy atom. The fourth-order valence-corrected chi connectivity index (χ4v) is 5.41. The molecule has 1 amide bonds. The molecular weight excluding hydrogens is 498 g/mol. The maximum Gasteiger partial charge on any atom is 0.330 e. The smallest absolute Gasteiger partial charge is 0.330 e. The van der Waals surface area contributed by atoms with Crippen LogP contribution < -0.4 is 4.90 Å². The van der Waals surface area contributed by atoms with E-state index in [0.29, 0.717) is 11.4 Å². The van der Waals surface area contributed by atoms with Gasteiger partial charge in [0.15, 0.2) is 9.84 Å². The van der Waals surface area contributed by atoms with Gasteiger partial charge in [-0.3, -0.25) is 4.79 Å². The van der Waals surface area contributed by atoms with Gasteiger partial charge < -0.3 is 9.64 Å². The Hall–Kier alpha value is -3.71. The normalized spacial score (nSPS) is 14.4. The summed E-state index contributed by atoms with van der Waals surface area (Å²) in [5.74, 6) is -0.304. The second-order valence-corrected chi connectivity index (χ2v) is 11.7. The van der Waals surface area contributed by atoms with Gasteiger partial charge in [0.2, 0.25) is 5.91 Å². The van der Waals surface area contributed by atoms with E-state index >= 15 is 0 Å². The number of benzene rings is 3. The number of anilines is 1. The Kier molecular flexibility index (Phi) is 8.79. The first-order valence-electron chi connectivity index (χ1n) is 12.8. The predicted molar refractivity (Wildman–Crippen MR) is 150 cm³/mol. The zero-order valence-corrected chi connectivity index (χ0v) is 22.6. The van der Waals surface area contributed by atoms with Gasteiger partial charge in [-0.2, -0.15) is 0 Å². The lowest BCUT2D eigenvalue weighted by atomic mass is 9.88. The van der Waals surface area contributed by atoms with E-state index < -0.39 is 15.8 Å². The van der Waals surface area contributed by atoms with Gasteiger partial charge in [-0.05, 0) is 65.4 Å². The van der Waals surface area contributed by atoms with Crippen molar-refractivity contribution >= 4 is 33.5 Å². The van der Waals surface area contributed by atoms with Crippen LogP contribution >= 0.6 is 0 Å². The van der Waals surface area contributed by atoms with Crippen molar-refractivity contribution in [2.45, 2.75) is 43.5 Å². The number of esters is 1. The molecule has 6 nitrogen and oxygen atoms in total. The minimum absolute atomic E-state index is 0.00523. The number of carbonyl (C=O) groups excluding carboxylic acids is 2. The number of carbonyl (C=O) groups is 2. The molecule has 1 aliphatic carbocycles. The molecule has 0 saturated heterocycles. The number of ether oxygens (including phenoxy) is 1. The van der Waals surface area contributed by atoms with E-state index in [-0.39, 0.29) is 11.8 Å². The van der Waals surface area contributed by atoms with E-state index in [4.69, 9.17) is 4.74 Å². The Morgan fingerprint density at radius 3 is 2.16 bits per heavy atom. The second kappa shape index (κ2) is 12.2. The molecule has 0 aromatic heterocycles. The number of sulfone groups is 1. The van der Waals surface area contributed by atoms with E-state index in [0.717, 1.165) is 53.6 Å². The summed E-state index contributed by atoms with van der Waals surface area (Å²) < 4.78 is 28.2. The Balaban J connectivity index is 1.59. The van der Waals surface area contributed by atoms with Crippen LogP contribution in [0.25, 0.3) is 17.2 Å². The minimum Gasteiger partial charge on any atom is -0.466 e. The standard InChI is InChI=1S/C31H33NO5S/c1-37-30(33)20-13-23-7-6-10-28(21-23)32(31(34)27-8-4-3-5-9-27)22-24-11-14-25(15-12-24)26-16-18-29(19-17-26)38(2,35)36/h6-7,10-21,27H,3-5,8-9,22H2,1-2H3/b20-13+. The number of methoxy groups -OCH3 is 1. The van der Waals surface area contributed by atoms with Crippen molar-refractivity contribution in [1.82, 2.24) is 0 Å². The summed E-state index contributed by atoms with van der Waals surface area (Å²) in [6.07, 6.45) is 9.36. The molecule has 0 spiro atoms. The van der Waals surface area contributed by atoms with Crippen molar-refractivity contribution < 1.29 is 22.7 Å². The summed E-state index contributed by atoms with van der Waals surface area (Å²) in [7, 11) is -1.91. The van der Waals surface area contributed by atoms with Gasteiger partial charge in [0.25, 0.3) is 0 Å². The first kappa shape index (κ1) is 27.3. The Labute approximate surface area is 224 Å². The van der Waals surface area contributed by atoms with Crippen LogP contribution in [0, 0.1) is 5.92 Å². The molecule has 0 heterocycles. The Bertz CT molecular complexity index is 1400. The van der Waals surface area contributed by atoms with Crippen molar-refractivity contribution in [2.75, 3.05) is 18.3 Å². The lowest BCUT2D eigenvalue weighted by Crippen LogP contribution is -2.36. The topological polar surface area (TPSA) is 80.8 Å². The number of rotatable bonds is 8. The third kappa shape index (κ3) is 6.98. The van der Waals surface area contributed by atoms with Crippen LogP contribution in [-0.2, 0) is 30.7 Å². The van der Waals surface area contributed by atoms with Crippen molar-refractivity contribution in [2.24, 2.45) is 5.92 Å². The number of hydrogen-bond donors (Lipinski definition) is 0. The van der Waals surface area contributed by atoms with Gasteiger partial charge in [-0.1, -0.05) is 67.8 Å². The van der Waals surface area contributed by atoms with Gasteiger partial charge in [-0.15, -0.1) is 0 Å². The van der Waals surface area contributed by atoms with Crippen molar-refractivity contribution in [3.63, 3.8) is 0 Å². The van der Waals surface area contributed by atoms with Crippen molar-refractivity contribution in [3.8, 4) is 11.1 Å². The molecule has 0 aliphatic heterocycles. The number of nitrogens with zero attached hydrogens (tertiary/aromatic N) is 1. The summed E-state index contributed by atoms with van der Waals surface area (Å²) in [6, 6.07) is 22.4. The summed E-state index contributed by atoms with van der Waals surface area (Å²) in [6.45, 7) is 0.423. The fraction of sp³-hybridized carbons (Fsp3) is 0.290. The highest BCUT2D eigenvalue weighted by Gasteiger charge is 2.27. The van der Waals surface area contributed by atoms with Crippen LogP contribution in [-0.4, -0.2) is 33.7 Å². The molecule has 3 aromatic rings. The maximum absolute atomic E-state index is 13.7. The highest BCUT2D eigenvalue weighted by Crippen LogP contribution is 2.30. The average molecular weight is 532 g/mol. The fourth-order valence-electron chi connectivity index (χ4n) is 4.77. The molecule has 198 valence electrons. The third-order valence-electron chi connectivity index (χ3n) is 6.93. The van der Waals surface area contributed by atoms with Crippen LogP contribution in [0.3, 0.4) is 0 Å². The van der Waals surface area contributed by atoms with Crippen LogP contribution in [0.15, 0.2) is 83.8 Å². The van der Waals surface area contributed by atoms with Crippen molar-refractivity contribution in [1.29, 1.82) is 0 Å². The van der Waals surface area contributed by atoms with Crippen molar-refractivity contribution in [3.05, 3.63) is 90.0 Å². The second-order valence-electron chi connectivity index (χ2n) is 9.70. The average Bonchev–Trinajstić information content (AvgIpc) is 2.95. The zero-order valence-electron chi connectivity index (χ0n) is 21.8. The molecular formula is C31H33NO5S. The monoisotopic (exact) mass is 531 g/mol. The number of hydrogen-bond acceptors (Lipinski definition) is 5. The van der Waals surface area contributed by atoms with Crippen LogP contribution in [0.5, 0.6) is 0 Å². The molecule has 7 heteroatoms. The molecule has 1 saturated carbocycles. The van der Waals surface area contributed by atoms with E-state index in [1.807, 2.05) is 53.4 Å². The van der Waals surface area contributed by atoms with E-state index in [2.05, 4.69) is 0 Å². The Morgan fingerprint density at radius 1 is 0.921 bits per heavy atom. The van der Waals surface area contributed by atoms with E-state index in [9.17, 15) is 18.0 Å². The van der Waals surface area contributed by atoms with Gasteiger partial charge in [0, 0.05) is 23.9 Å². The van der Waals surface area contributed by atoms with Gasteiger partial charge >= 0.3 is 5.97 Å². The minimum atomic E-state index is -3.24. The summed E-state index contributed by atoms with van der Waals surface area (Å²) >= 11 is 0. The molecule has 0 N–H and O–H groups in total. The quantitative estimate of drug-likeness (QED) is 0.261. The van der Waals surface area contributed by atoms with E-state index in [1.54, 1.807) is 30.3 Å². The number of amides is 1. The molecule has 38 heavy (non-hydrogen) atoms. The first-order chi connectivity index (χ1) is 18.2. The van der Waals surface area contributed by atoms with E-state index in [1.165, 1.54) is 25.9 Å². The molecule has 0 bridgehead atoms. The lowest BCUT2D eigenvalue weighted by Gasteiger charge is -2.30. The predicted octanol–water partition coefficient (Wildman–Crippen LogP) is 6.06. The maximum atomic E-state index is 13.7. The summed E-state index contributed by atoms with van der Waals surface area (Å²) in [5, 5.41) is 0. The zero-order chi connectivity index (χ0) is 27.1. The SMILES string of the molecule is COC(=O)/C=C/c1cccc(N(Cc2ccc(-c3ccc(S(C)(=O)=O)cc3)cc2)C(=O)C2CCCCC2)c1. The molecule has 4 rings (SSSR count). The summed E-state index contributed by atoms with van der Waals surface area (Å²) in [4.78, 5) is 27.4. The van der Waals surface area contributed by atoms with Gasteiger partial charge in [0.05, 0.1) is 18.6 Å². The van der Waals surface area contributed by atoms with Gasteiger partial charge in [0.1, 0.15) is 0 Å². The molecule has 3 aromatic carbocycles. The lowest BCUT2D eigenvalue weighted by molar-refractivity contribution is -0.134.